The summed E-state index contributed by atoms with van der Waals surface area (Å²) >= 11 is 7.67. The van der Waals surface area contributed by atoms with Gasteiger partial charge in [0.25, 0.3) is 0 Å². The van der Waals surface area contributed by atoms with Crippen molar-refractivity contribution in [2.45, 2.75) is 0 Å². The SMILES string of the molecule is Clc1ccc[c]c1-c1cccs1. The van der Waals surface area contributed by atoms with Crippen LogP contribution in [0, 0.1) is 6.07 Å². The second-order valence-corrected chi connectivity index (χ2v) is 3.73. The van der Waals surface area contributed by atoms with Gasteiger partial charge in [0, 0.05) is 15.5 Å². The molecule has 0 unspecified atom stereocenters. The Kier molecular flexibility index (Phi) is 2.15. The van der Waals surface area contributed by atoms with Gasteiger partial charge in [-0.1, -0.05) is 29.8 Å². The van der Waals surface area contributed by atoms with E-state index in [0.717, 1.165) is 10.6 Å². The van der Waals surface area contributed by atoms with Crippen molar-refractivity contribution >= 4 is 22.9 Å². The number of hydrogen-bond acceptors (Lipinski definition) is 1. The molecule has 1 radical (unpaired) electrons. The zero-order valence-corrected chi connectivity index (χ0v) is 7.82. The molecule has 1 heterocycles. The highest BCUT2D eigenvalue weighted by Gasteiger charge is 2.01. The number of benzene rings is 1. The van der Waals surface area contributed by atoms with Crippen LogP contribution in [0.5, 0.6) is 0 Å². The lowest BCUT2D eigenvalue weighted by Gasteiger charge is -1.97. The lowest BCUT2D eigenvalue weighted by atomic mass is 10.2. The quantitative estimate of drug-likeness (QED) is 0.645. The van der Waals surface area contributed by atoms with Gasteiger partial charge in [0.2, 0.25) is 0 Å². The highest BCUT2D eigenvalue weighted by molar-refractivity contribution is 7.13. The zero-order valence-electron chi connectivity index (χ0n) is 6.25. The van der Waals surface area contributed by atoms with Crippen LogP contribution in [-0.2, 0) is 0 Å². The van der Waals surface area contributed by atoms with Crippen LogP contribution in [0.3, 0.4) is 0 Å². The monoisotopic (exact) mass is 193 g/mol. The van der Waals surface area contributed by atoms with Crippen LogP contribution in [0.2, 0.25) is 5.02 Å². The van der Waals surface area contributed by atoms with E-state index in [1.807, 2.05) is 35.7 Å². The number of halogens is 1. The van der Waals surface area contributed by atoms with E-state index < -0.39 is 0 Å². The summed E-state index contributed by atoms with van der Waals surface area (Å²) in [5.74, 6) is 0. The molecule has 2 heteroatoms. The summed E-state index contributed by atoms with van der Waals surface area (Å²) in [4.78, 5) is 1.17. The predicted octanol–water partition coefficient (Wildman–Crippen LogP) is 3.87. The molecule has 1 aromatic carbocycles. The summed E-state index contributed by atoms with van der Waals surface area (Å²) in [6, 6.07) is 12.8. The molecule has 2 aromatic rings. The fourth-order valence-corrected chi connectivity index (χ4v) is 2.06. The average Bonchev–Trinajstić information content (AvgIpc) is 2.57. The van der Waals surface area contributed by atoms with Gasteiger partial charge in [0.05, 0.1) is 0 Å². The molecule has 0 N–H and O–H groups in total. The molecule has 0 spiro atoms. The first-order valence-electron chi connectivity index (χ1n) is 3.58. The van der Waals surface area contributed by atoms with Gasteiger partial charge in [-0.05, 0) is 23.6 Å². The number of thiophene rings is 1. The van der Waals surface area contributed by atoms with Gasteiger partial charge in [-0.2, -0.15) is 0 Å². The molecule has 0 amide bonds. The van der Waals surface area contributed by atoms with Crippen LogP contribution in [0.25, 0.3) is 10.4 Å². The molecule has 0 saturated heterocycles. The minimum Gasteiger partial charge on any atom is -0.144 e. The van der Waals surface area contributed by atoms with Gasteiger partial charge in [-0.3, -0.25) is 0 Å². The summed E-state index contributed by atoms with van der Waals surface area (Å²) in [5.41, 5.74) is 0.995. The molecule has 0 bridgehead atoms. The minimum atomic E-state index is 0.764. The lowest BCUT2D eigenvalue weighted by molar-refractivity contribution is 1.68. The fraction of sp³-hybridized carbons (Fsp3) is 0. The fourth-order valence-electron chi connectivity index (χ4n) is 1.03. The first-order chi connectivity index (χ1) is 5.88. The molecular weight excluding hydrogens is 188 g/mol. The van der Waals surface area contributed by atoms with Crippen LogP contribution in [0.15, 0.2) is 35.7 Å². The van der Waals surface area contributed by atoms with Gasteiger partial charge in [0.1, 0.15) is 0 Å². The molecule has 1 aromatic heterocycles. The van der Waals surface area contributed by atoms with Crippen LogP contribution in [0.4, 0.5) is 0 Å². The Morgan fingerprint density at radius 2 is 2.17 bits per heavy atom. The summed E-state index contributed by atoms with van der Waals surface area (Å²) < 4.78 is 0. The maximum Gasteiger partial charge on any atom is 0.0498 e. The van der Waals surface area contributed by atoms with Gasteiger partial charge >= 0.3 is 0 Å². The largest absolute Gasteiger partial charge is 0.144 e. The van der Waals surface area contributed by atoms with E-state index in [2.05, 4.69) is 6.07 Å². The van der Waals surface area contributed by atoms with Crippen LogP contribution in [0.1, 0.15) is 0 Å². The number of rotatable bonds is 1. The highest BCUT2D eigenvalue weighted by Crippen LogP contribution is 2.30. The Balaban J connectivity index is 2.55. The summed E-state index contributed by atoms with van der Waals surface area (Å²) in [6.07, 6.45) is 0. The van der Waals surface area contributed by atoms with E-state index in [-0.39, 0.29) is 0 Å². The molecule has 0 aliphatic heterocycles. The molecular formula is C10H6ClS. The first-order valence-corrected chi connectivity index (χ1v) is 4.84. The molecule has 59 valence electrons. The Labute approximate surface area is 80.4 Å². The van der Waals surface area contributed by atoms with Crippen molar-refractivity contribution in [1.82, 2.24) is 0 Å². The predicted molar refractivity (Wildman–Crippen MR) is 53.6 cm³/mol. The lowest BCUT2D eigenvalue weighted by Crippen LogP contribution is -1.72. The van der Waals surface area contributed by atoms with E-state index >= 15 is 0 Å². The van der Waals surface area contributed by atoms with Gasteiger partial charge in [0.15, 0.2) is 0 Å². The van der Waals surface area contributed by atoms with Crippen molar-refractivity contribution in [3.63, 3.8) is 0 Å². The molecule has 0 aliphatic carbocycles. The summed E-state index contributed by atoms with van der Waals surface area (Å²) in [5, 5.41) is 2.80. The van der Waals surface area contributed by atoms with Gasteiger partial charge in [-0.15, -0.1) is 11.3 Å². The minimum absolute atomic E-state index is 0.764. The van der Waals surface area contributed by atoms with Gasteiger partial charge in [-0.25, -0.2) is 0 Å². The maximum absolute atomic E-state index is 5.99. The normalized spacial score (nSPS) is 10.1. The molecule has 0 nitrogen and oxygen atoms in total. The van der Waals surface area contributed by atoms with Crippen molar-refractivity contribution in [3.8, 4) is 10.4 Å². The Morgan fingerprint density at radius 3 is 2.83 bits per heavy atom. The molecule has 12 heavy (non-hydrogen) atoms. The average molecular weight is 194 g/mol. The van der Waals surface area contributed by atoms with Crippen LogP contribution in [-0.4, -0.2) is 0 Å². The van der Waals surface area contributed by atoms with Gasteiger partial charge < -0.3 is 0 Å². The zero-order chi connectivity index (χ0) is 8.39. The van der Waals surface area contributed by atoms with Crippen molar-refractivity contribution in [1.29, 1.82) is 0 Å². The molecule has 0 aliphatic rings. The van der Waals surface area contributed by atoms with Crippen LogP contribution >= 0.6 is 22.9 Å². The van der Waals surface area contributed by atoms with Crippen molar-refractivity contribution in [2.75, 3.05) is 0 Å². The molecule has 0 atom stereocenters. The topological polar surface area (TPSA) is 0 Å². The first kappa shape index (κ1) is 7.84. The molecule has 0 saturated carbocycles. The van der Waals surface area contributed by atoms with E-state index in [9.17, 15) is 0 Å². The van der Waals surface area contributed by atoms with E-state index in [1.165, 1.54) is 4.88 Å². The van der Waals surface area contributed by atoms with E-state index in [0.29, 0.717) is 0 Å². The van der Waals surface area contributed by atoms with E-state index in [4.69, 9.17) is 11.6 Å². The van der Waals surface area contributed by atoms with E-state index in [1.54, 1.807) is 11.3 Å². The Morgan fingerprint density at radius 1 is 1.25 bits per heavy atom. The molecule has 2 rings (SSSR count). The highest BCUT2D eigenvalue weighted by atomic mass is 35.5. The van der Waals surface area contributed by atoms with Crippen molar-refractivity contribution in [2.24, 2.45) is 0 Å². The summed E-state index contributed by atoms with van der Waals surface area (Å²) in [7, 11) is 0. The number of hydrogen-bond donors (Lipinski definition) is 0. The smallest absolute Gasteiger partial charge is 0.0498 e. The maximum atomic E-state index is 5.99. The summed E-state index contributed by atoms with van der Waals surface area (Å²) in [6.45, 7) is 0. The van der Waals surface area contributed by atoms with Crippen molar-refractivity contribution < 1.29 is 0 Å². The third-order valence-corrected chi connectivity index (χ3v) is 2.78. The second-order valence-electron chi connectivity index (χ2n) is 2.37. The third-order valence-electron chi connectivity index (χ3n) is 1.57. The Bertz CT molecular complexity index is 365. The third kappa shape index (κ3) is 1.38. The Hall–Kier alpha value is -0.790. The standard InChI is InChI=1S/C10H6ClS/c11-9-5-2-1-4-8(9)10-6-3-7-12-10/h1-3,5-7H. The molecule has 0 fully saturated rings. The second kappa shape index (κ2) is 3.30. The van der Waals surface area contributed by atoms with Crippen molar-refractivity contribution in [3.05, 3.63) is 46.8 Å². The van der Waals surface area contributed by atoms with Crippen LogP contribution < -0.4 is 0 Å².